The Labute approximate surface area is 114 Å². The molecular formula is C17H23Si. The number of benzene rings is 1. The Hall–Kier alpha value is -1.26. The summed E-state index contributed by atoms with van der Waals surface area (Å²) < 4.78 is 0. The first-order valence-electron chi connectivity index (χ1n) is 6.52. The zero-order chi connectivity index (χ0) is 13.6. The Morgan fingerprint density at radius 3 is 2.22 bits per heavy atom. The Morgan fingerprint density at radius 1 is 1.11 bits per heavy atom. The average molecular weight is 255 g/mol. The van der Waals surface area contributed by atoms with E-state index in [0.29, 0.717) is 5.92 Å². The predicted octanol–water partition coefficient (Wildman–Crippen LogP) is 3.73. The van der Waals surface area contributed by atoms with E-state index in [0.717, 1.165) is 0 Å². The summed E-state index contributed by atoms with van der Waals surface area (Å²) in [5, 5.41) is 1.37. The summed E-state index contributed by atoms with van der Waals surface area (Å²) >= 11 is 0. The molecule has 0 N–H and O–H groups in total. The molecule has 1 rings (SSSR count). The highest BCUT2D eigenvalue weighted by Crippen LogP contribution is 2.10. The molecule has 95 valence electrons. The number of hydrogen-bond donors (Lipinski definition) is 0. The summed E-state index contributed by atoms with van der Waals surface area (Å²) in [7, 11) is -0.892. The largest absolute Gasteiger partial charge is 0.205 e. The van der Waals surface area contributed by atoms with Gasteiger partial charge in [0, 0.05) is 5.41 Å². The van der Waals surface area contributed by atoms with Crippen LogP contribution in [0.25, 0.3) is 0 Å². The molecule has 0 unspecified atom stereocenters. The van der Waals surface area contributed by atoms with Gasteiger partial charge in [-0.2, -0.15) is 0 Å². The maximum atomic E-state index is 3.50. The van der Waals surface area contributed by atoms with E-state index in [1.807, 2.05) is 0 Å². The van der Waals surface area contributed by atoms with Gasteiger partial charge in [0.1, 0.15) is 0 Å². The van der Waals surface area contributed by atoms with Crippen molar-refractivity contribution < 1.29 is 0 Å². The van der Waals surface area contributed by atoms with E-state index in [-0.39, 0.29) is 5.41 Å². The molecule has 0 aliphatic rings. The van der Waals surface area contributed by atoms with Crippen molar-refractivity contribution >= 4 is 14.0 Å². The third-order valence-electron chi connectivity index (χ3n) is 2.30. The lowest BCUT2D eigenvalue weighted by Crippen LogP contribution is -2.27. The summed E-state index contributed by atoms with van der Waals surface area (Å²) in [4.78, 5) is 0. The molecule has 0 saturated heterocycles. The van der Waals surface area contributed by atoms with E-state index in [2.05, 4.69) is 88.2 Å². The van der Waals surface area contributed by atoms with Crippen molar-refractivity contribution in [2.45, 2.75) is 34.6 Å². The first kappa shape index (κ1) is 14.8. The number of allylic oxidation sites excluding steroid dienone is 1. The van der Waals surface area contributed by atoms with Gasteiger partial charge in [-0.3, -0.25) is 0 Å². The molecule has 18 heavy (non-hydrogen) atoms. The van der Waals surface area contributed by atoms with Crippen molar-refractivity contribution in [2.24, 2.45) is 11.3 Å². The highest BCUT2D eigenvalue weighted by Gasteiger charge is 2.10. The molecule has 0 amide bonds. The lowest BCUT2D eigenvalue weighted by molar-refractivity contribution is 0.571. The molecule has 0 atom stereocenters. The van der Waals surface area contributed by atoms with Crippen LogP contribution < -0.4 is 5.19 Å². The molecule has 0 aliphatic heterocycles. The minimum atomic E-state index is -0.892. The molecule has 0 spiro atoms. The van der Waals surface area contributed by atoms with Gasteiger partial charge in [-0.15, -0.1) is 11.5 Å². The molecule has 1 radical (unpaired) electrons. The monoisotopic (exact) mass is 255 g/mol. The van der Waals surface area contributed by atoms with Crippen LogP contribution in [0.5, 0.6) is 0 Å². The highest BCUT2D eigenvalue weighted by atomic mass is 28.3. The number of hydrogen-bond acceptors (Lipinski definition) is 0. The third-order valence-corrected chi connectivity index (χ3v) is 4.18. The fourth-order valence-electron chi connectivity index (χ4n) is 1.37. The van der Waals surface area contributed by atoms with Gasteiger partial charge in [0.2, 0.25) is 8.80 Å². The van der Waals surface area contributed by atoms with Gasteiger partial charge in [-0.25, -0.2) is 0 Å². The topological polar surface area (TPSA) is 0 Å². The van der Waals surface area contributed by atoms with Crippen molar-refractivity contribution in [3.05, 3.63) is 42.1 Å². The van der Waals surface area contributed by atoms with Crippen LogP contribution in [-0.2, 0) is 0 Å². The van der Waals surface area contributed by atoms with Crippen molar-refractivity contribution in [3.8, 4) is 11.5 Å². The van der Waals surface area contributed by atoms with E-state index in [1.165, 1.54) is 5.19 Å². The second kappa shape index (κ2) is 6.61. The minimum absolute atomic E-state index is 0.0797. The van der Waals surface area contributed by atoms with Gasteiger partial charge in [-0.05, 0) is 31.9 Å². The number of rotatable bonds is 3. The van der Waals surface area contributed by atoms with Gasteiger partial charge in [0.15, 0.2) is 0 Å². The Balaban J connectivity index is 2.99. The summed E-state index contributed by atoms with van der Waals surface area (Å²) in [6, 6.07) is 10.6. The zero-order valence-electron chi connectivity index (χ0n) is 12.1. The molecule has 0 aromatic heterocycles. The molecule has 0 saturated carbocycles. The van der Waals surface area contributed by atoms with E-state index < -0.39 is 8.80 Å². The van der Waals surface area contributed by atoms with Crippen LogP contribution in [0, 0.1) is 22.8 Å². The van der Waals surface area contributed by atoms with Crippen LogP contribution in [0.3, 0.4) is 0 Å². The smallest absolute Gasteiger partial charge is 0.121 e. The molecule has 1 heteroatoms. The molecule has 1 aromatic carbocycles. The molecule has 0 fully saturated rings. The van der Waals surface area contributed by atoms with Crippen LogP contribution in [0.1, 0.15) is 34.6 Å². The van der Waals surface area contributed by atoms with Crippen LogP contribution in [0.2, 0.25) is 0 Å². The minimum Gasteiger partial charge on any atom is -0.121 e. The summed E-state index contributed by atoms with van der Waals surface area (Å²) in [6.45, 7) is 10.9. The standard InChI is InChI=1S/C17H23Si/c1-15(2)11-13-18(14-12-17(3,4)5)16-9-7-6-8-10-16/h6-11,13,15H,1-5H3/b13-11+. The van der Waals surface area contributed by atoms with Crippen LogP contribution in [0.15, 0.2) is 42.1 Å². The first-order valence-corrected chi connectivity index (χ1v) is 8.10. The lowest BCUT2D eigenvalue weighted by atomic mass is 9.99. The van der Waals surface area contributed by atoms with Crippen molar-refractivity contribution in [3.63, 3.8) is 0 Å². The Morgan fingerprint density at radius 2 is 1.72 bits per heavy atom. The molecular weight excluding hydrogens is 232 g/mol. The van der Waals surface area contributed by atoms with Crippen LogP contribution in [0.4, 0.5) is 0 Å². The Bertz CT molecular complexity index is 438. The van der Waals surface area contributed by atoms with Crippen molar-refractivity contribution in [1.29, 1.82) is 0 Å². The predicted molar refractivity (Wildman–Crippen MR) is 83.0 cm³/mol. The fraction of sp³-hybridized carbons (Fsp3) is 0.412. The first-order chi connectivity index (χ1) is 8.38. The van der Waals surface area contributed by atoms with Gasteiger partial charge in [0.25, 0.3) is 0 Å². The van der Waals surface area contributed by atoms with Gasteiger partial charge < -0.3 is 0 Å². The third kappa shape index (κ3) is 5.89. The summed E-state index contributed by atoms with van der Waals surface area (Å²) in [6.07, 6.45) is 2.28. The average Bonchev–Trinajstić information content (AvgIpc) is 2.28. The van der Waals surface area contributed by atoms with Gasteiger partial charge in [0.05, 0.1) is 0 Å². The molecule has 1 aromatic rings. The molecule has 0 bridgehead atoms. The van der Waals surface area contributed by atoms with Crippen LogP contribution >= 0.6 is 0 Å². The fourth-order valence-corrected chi connectivity index (χ4v) is 3.43. The zero-order valence-corrected chi connectivity index (χ0v) is 13.1. The van der Waals surface area contributed by atoms with E-state index in [4.69, 9.17) is 0 Å². The second-order valence-electron chi connectivity index (χ2n) is 5.88. The van der Waals surface area contributed by atoms with Gasteiger partial charge >= 0.3 is 0 Å². The van der Waals surface area contributed by atoms with Crippen LogP contribution in [-0.4, -0.2) is 8.80 Å². The molecule has 0 heterocycles. The second-order valence-corrected chi connectivity index (χ2v) is 7.87. The van der Waals surface area contributed by atoms with E-state index >= 15 is 0 Å². The molecule has 0 aliphatic carbocycles. The summed E-state index contributed by atoms with van der Waals surface area (Å²) in [5.74, 6) is 3.98. The summed E-state index contributed by atoms with van der Waals surface area (Å²) in [5.41, 5.74) is 5.90. The van der Waals surface area contributed by atoms with Gasteiger partial charge in [-0.1, -0.05) is 56.0 Å². The SMILES string of the molecule is CC(C)/C=C/[Si](C#CC(C)(C)C)c1ccccc1. The maximum Gasteiger partial charge on any atom is 0.205 e. The molecule has 0 nitrogen and oxygen atoms in total. The van der Waals surface area contributed by atoms with Crippen molar-refractivity contribution in [1.82, 2.24) is 0 Å². The van der Waals surface area contributed by atoms with E-state index in [1.54, 1.807) is 0 Å². The Kier molecular flexibility index (Phi) is 5.43. The highest BCUT2D eigenvalue weighted by molar-refractivity contribution is 6.84. The maximum absolute atomic E-state index is 3.50. The normalized spacial score (nSPS) is 11.9. The quantitative estimate of drug-likeness (QED) is 0.570. The van der Waals surface area contributed by atoms with Crippen molar-refractivity contribution in [2.75, 3.05) is 0 Å². The lowest BCUT2D eigenvalue weighted by Gasteiger charge is -2.09. The van der Waals surface area contributed by atoms with E-state index in [9.17, 15) is 0 Å².